The Labute approximate surface area is 146 Å². The molecule has 0 radical (unpaired) electrons. The fraction of sp³-hybridized carbons (Fsp3) is 0.263. The number of benzene rings is 2. The van der Waals surface area contributed by atoms with Gasteiger partial charge >= 0.3 is 5.97 Å². The van der Waals surface area contributed by atoms with Crippen molar-refractivity contribution in [3.8, 4) is 5.75 Å². The van der Waals surface area contributed by atoms with E-state index in [0.717, 1.165) is 11.3 Å². The molecule has 3 rings (SSSR count). The number of nitrogens with zero attached hydrogens (tertiary/aromatic N) is 1. The van der Waals surface area contributed by atoms with E-state index in [2.05, 4.69) is 5.32 Å². The Balaban J connectivity index is 1.66. The SMILES string of the molecule is CC(C(=O)O)c1ccc(OCC2Nc3ccccc3C(=O)N2C)cc1. The van der Waals surface area contributed by atoms with Gasteiger partial charge in [0.1, 0.15) is 18.5 Å². The van der Waals surface area contributed by atoms with E-state index in [1.807, 2.05) is 18.2 Å². The second-order valence-electron chi connectivity index (χ2n) is 6.06. The molecule has 2 N–H and O–H groups in total. The van der Waals surface area contributed by atoms with Crippen LogP contribution in [0.3, 0.4) is 0 Å². The van der Waals surface area contributed by atoms with Crippen molar-refractivity contribution >= 4 is 17.6 Å². The van der Waals surface area contributed by atoms with E-state index in [9.17, 15) is 9.59 Å². The molecule has 1 aliphatic rings. The number of carbonyl (C=O) groups is 2. The van der Waals surface area contributed by atoms with Gasteiger partial charge < -0.3 is 20.1 Å². The Morgan fingerprint density at radius 1 is 1.24 bits per heavy atom. The Hall–Kier alpha value is -3.02. The molecule has 6 nitrogen and oxygen atoms in total. The summed E-state index contributed by atoms with van der Waals surface area (Å²) in [5.41, 5.74) is 2.16. The highest BCUT2D eigenvalue weighted by molar-refractivity contribution is 6.01. The molecule has 25 heavy (non-hydrogen) atoms. The lowest BCUT2D eigenvalue weighted by molar-refractivity contribution is -0.138. The van der Waals surface area contributed by atoms with Crippen molar-refractivity contribution < 1.29 is 19.4 Å². The summed E-state index contributed by atoms with van der Waals surface area (Å²) in [6.45, 7) is 1.92. The smallest absolute Gasteiger partial charge is 0.310 e. The van der Waals surface area contributed by atoms with Gasteiger partial charge in [-0.05, 0) is 36.8 Å². The number of hydrogen-bond donors (Lipinski definition) is 2. The van der Waals surface area contributed by atoms with Crippen LogP contribution in [-0.2, 0) is 4.79 Å². The number of carboxylic acids is 1. The maximum absolute atomic E-state index is 12.4. The van der Waals surface area contributed by atoms with Gasteiger partial charge in [0, 0.05) is 12.7 Å². The van der Waals surface area contributed by atoms with Gasteiger partial charge in [0.2, 0.25) is 0 Å². The fourth-order valence-electron chi connectivity index (χ4n) is 2.73. The van der Waals surface area contributed by atoms with E-state index < -0.39 is 11.9 Å². The van der Waals surface area contributed by atoms with Crippen molar-refractivity contribution in [2.24, 2.45) is 0 Å². The van der Waals surface area contributed by atoms with E-state index in [1.165, 1.54) is 0 Å². The van der Waals surface area contributed by atoms with Crippen molar-refractivity contribution in [1.82, 2.24) is 4.90 Å². The molecule has 0 bridgehead atoms. The molecule has 0 spiro atoms. The Kier molecular flexibility index (Phi) is 4.61. The third-order valence-corrected chi connectivity index (χ3v) is 4.43. The van der Waals surface area contributed by atoms with Crippen LogP contribution in [0.5, 0.6) is 5.75 Å². The van der Waals surface area contributed by atoms with Crippen LogP contribution in [0.1, 0.15) is 28.8 Å². The first kappa shape index (κ1) is 16.8. The molecule has 2 unspecified atom stereocenters. The van der Waals surface area contributed by atoms with E-state index in [0.29, 0.717) is 11.3 Å². The molecule has 2 aromatic rings. The van der Waals surface area contributed by atoms with Crippen LogP contribution >= 0.6 is 0 Å². The topological polar surface area (TPSA) is 78.9 Å². The predicted molar refractivity (Wildman–Crippen MR) is 93.9 cm³/mol. The van der Waals surface area contributed by atoms with Crippen LogP contribution in [0.15, 0.2) is 48.5 Å². The Morgan fingerprint density at radius 3 is 2.60 bits per heavy atom. The number of fused-ring (bicyclic) bond motifs is 1. The number of carboxylic acid groups (broad SMARTS) is 1. The molecular formula is C19H20N2O4. The summed E-state index contributed by atoms with van der Waals surface area (Å²) in [4.78, 5) is 25.0. The van der Waals surface area contributed by atoms with Gasteiger partial charge in [-0.3, -0.25) is 9.59 Å². The van der Waals surface area contributed by atoms with Crippen LogP contribution < -0.4 is 10.1 Å². The third-order valence-electron chi connectivity index (χ3n) is 4.43. The number of carbonyl (C=O) groups excluding carboxylic acids is 1. The number of anilines is 1. The molecule has 1 amide bonds. The lowest BCUT2D eigenvalue weighted by Gasteiger charge is -2.35. The van der Waals surface area contributed by atoms with Crippen molar-refractivity contribution in [3.05, 3.63) is 59.7 Å². The number of likely N-dealkylation sites (N-methyl/N-ethyl adjacent to an activating group) is 1. The number of nitrogens with one attached hydrogen (secondary N) is 1. The normalized spacial score (nSPS) is 17.4. The molecule has 0 saturated heterocycles. The average molecular weight is 340 g/mol. The van der Waals surface area contributed by atoms with E-state index >= 15 is 0 Å². The van der Waals surface area contributed by atoms with Gasteiger partial charge in [-0.25, -0.2) is 0 Å². The number of aliphatic carboxylic acids is 1. The molecule has 0 saturated carbocycles. The van der Waals surface area contributed by atoms with Gasteiger partial charge in [-0.1, -0.05) is 24.3 Å². The molecule has 2 atom stereocenters. The van der Waals surface area contributed by atoms with E-state index in [4.69, 9.17) is 9.84 Å². The molecule has 6 heteroatoms. The predicted octanol–water partition coefficient (Wildman–Crippen LogP) is 2.78. The highest BCUT2D eigenvalue weighted by Gasteiger charge is 2.29. The van der Waals surface area contributed by atoms with Crippen molar-refractivity contribution in [2.75, 3.05) is 19.0 Å². The number of ether oxygens (including phenoxy) is 1. The van der Waals surface area contributed by atoms with Crippen LogP contribution in [0, 0.1) is 0 Å². The largest absolute Gasteiger partial charge is 0.489 e. The third kappa shape index (κ3) is 3.42. The zero-order valence-electron chi connectivity index (χ0n) is 14.1. The van der Waals surface area contributed by atoms with Gasteiger partial charge in [-0.15, -0.1) is 0 Å². The summed E-state index contributed by atoms with van der Waals surface area (Å²) in [6.07, 6.45) is -0.278. The minimum atomic E-state index is -0.862. The molecule has 0 aromatic heterocycles. The second-order valence-corrected chi connectivity index (χ2v) is 6.06. The molecule has 1 heterocycles. The summed E-state index contributed by atoms with van der Waals surface area (Å²) in [6, 6.07) is 14.4. The van der Waals surface area contributed by atoms with Gasteiger partial charge in [0.15, 0.2) is 0 Å². The highest BCUT2D eigenvalue weighted by Crippen LogP contribution is 2.25. The number of hydrogen-bond acceptors (Lipinski definition) is 4. The van der Waals surface area contributed by atoms with Crippen LogP contribution in [0.25, 0.3) is 0 Å². The first-order chi connectivity index (χ1) is 12.0. The van der Waals surface area contributed by atoms with E-state index in [1.54, 1.807) is 49.2 Å². The molecule has 0 fully saturated rings. The lowest BCUT2D eigenvalue weighted by Crippen LogP contribution is -2.49. The molecule has 1 aliphatic heterocycles. The monoisotopic (exact) mass is 340 g/mol. The standard InChI is InChI=1S/C19H20N2O4/c1-12(19(23)24)13-7-9-14(10-8-13)25-11-17-20-16-6-4-3-5-15(16)18(22)21(17)2/h3-10,12,17,20H,11H2,1-2H3,(H,23,24). The maximum Gasteiger partial charge on any atom is 0.310 e. The van der Waals surface area contributed by atoms with Crippen LogP contribution in [0.4, 0.5) is 5.69 Å². The van der Waals surface area contributed by atoms with Gasteiger partial charge in [-0.2, -0.15) is 0 Å². The number of amides is 1. The average Bonchev–Trinajstić information content (AvgIpc) is 2.63. The summed E-state index contributed by atoms with van der Waals surface area (Å²) < 4.78 is 5.77. The second kappa shape index (κ2) is 6.84. The van der Waals surface area contributed by atoms with Crippen LogP contribution in [0.2, 0.25) is 0 Å². The van der Waals surface area contributed by atoms with Gasteiger partial charge in [0.05, 0.1) is 11.5 Å². The molecule has 0 aliphatic carbocycles. The Bertz CT molecular complexity index is 788. The van der Waals surface area contributed by atoms with Crippen LogP contribution in [-0.4, -0.2) is 41.7 Å². The van der Waals surface area contributed by atoms with Crippen molar-refractivity contribution in [3.63, 3.8) is 0 Å². The summed E-state index contributed by atoms with van der Waals surface area (Å²) in [5, 5.41) is 12.3. The minimum Gasteiger partial charge on any atom is -0.489 e. The van der Waals surface area contributed by atoms with Gasteiger partial charge in [0.25, 0.3) is 5.91 Å². The van der Waals surface area contributed by atoms with Crippen molar-refractivity contribution in [2.45, 2.75) is 19.0 Å². The highest BCUT2D eigenvalue weighted by atomic mass is 16.5. The number of rotatable bonds is 5. The first-order valence-corrected chi connectivity index (χ1v) is 8.05. The summed E-state index contributed by atoms with van der Waals surface area (Å²) >= 11 is 0. The first-order valence-electron chi connectivity index (χ1n) is 8.05. The van der Waals surface area contributed by atoms with Crippen molar-refractivity contribution in [1.29, 1.82) is 0 Å². The van der Waals surface area contributed by atoms with E-state index in [-0.39, 0.29) is 18.7 Å². The quantitative estimate of drug-likeness (QED) is 0.875. The lowest BCUT2D eigenvalue weighted by atomic mass is 10.0. The summed E-state index contributed by atoms with van der Waals surface area (Å²) in [5.74, 6) is -0.843. The molecule has 2 aromatic carbocycles. The maximum atomic E-state index is 12.4. The molecule has 130 valence electrons. The number of para-hydroxylation sites is 1. The fourth-order valence-corrected chi connectivity index (χ4v) is 2.73. The minimum absolute atomic E-state index is 0.0476. The summed E-state index contributed by atoms with van der Waals surface area (Å²) in [7, 11) is 1.73. The zero-order chi connectivity index (χ0) is 18.0. The molecular weight excluding hydrogens is 320 g/mol. The zero-order valence-corrected chi connectivity index (χ0v) is 14.1. The Morgan fingerprint density at radius 2 is 1.92 bits per heavy atom.